The van der Waals surface area contributed by atoms with Gasteiger partial charge >= 0.3 is 0 Å². The van der Waals surface area contributed by atoms with E-state index < -0.39 is 5.67 Å². The summed E-state index contributed by atoms with van der Waals surface area (Å²) in [6.07, 6.45) is 2.87. The van der Waals surface area contributed by atoms with Gasteiger partial charge in [-0.15, -0.1) is 0 Å². The second-order valence-electron chi connectivity index (χ2n) is 4.82. The fourth-order valence-corrected chi connectivity index (χ4v) is 2.73. The Morgan fingerprint density at radius 2 is 2.36 bits per heavy atom. The normalized spacial score (nSPS) is 45.0. The molecule has 2 fully saturated rings. The Kier molecular flexibility index (Phi) is 3.07. The summed E-state index contributed by atoms with van der Waals surface area (Å²) in [6, 6.07) is 0. The molecule has 0 radical (unpaired) electrons. The molecule has 2 aliphatic rings. The molecule has 3 heteroatoms. The monoisotopic (exact) mass is 201 g/mol. The summed E-state index contributed by atoms with van der Waals surface area (Å²) < 4.78 is 19.7. The van der Waals surface area contributed by atoms with Crippen molar-refractivity contribution in [3.8, 4) is 0 Å². The highest BCUT2D eigenvalue weighted by molar-refractivity contribution is 4.93. The van der Waals surface area contributed by atoms with Gasteiger partial charge in [0, 0.05) is 25.7 Å². The summed E-state index contributed by atoms with van der Waals surface area (Å²) in [5.41, 5.74) is -0.989. The summed E-state index contributed by atoms with van der Waals surface area (Å²) in [4.78, 5) is 0. The van der Waals surface area contributed by atoms with Crippen LogP contribution >= 0.6 is 0 Å². The molecule has 3 atom stereocenters. The lowest BCUT2D eigenvalue weighted by Gasteiger charge is -2.41. The molecule has 2 aliphatic heterocycles. The molecule has 2 rings (SSSR count). The number of piperidine rings is 1. The molecule has 0 saturated carbocycles. The molecule has 0 aliphatic carbocycles. The van der Waals surface area contributed by atoms with Crippen LogP contribution in [0.3, 0.4) is 0 Å². The lowest BCUT2D eigenvalue weighted by molar-refractivity contribution is -0.0335. The van der Waals surface area contributed by atoms with E-state index >= 15 is 0 Å². The van der Waals surface area contributed by atoms with E-state index in [1.165, 1.54) is 0 Å². The first-order chi connectivity index (χ1) is 6.70. The van der Waals surface area contributed by atoms with Gasteiger partial charge in [0.05, 0.1) is 0 Å². The maximum Gasteiger partial charge on any atom is 0.113 e. The molecule has 0 spiro atoms. The highest BCUT2D eigenvalue weighted by Gasteiger charge is 2.41. The van der Waals surface area contributed by atoms with Crippen LogP contribution in [-0.2, 0) is 4.74 Å². The molecule has 1 N–H and O–H groups in total. The smallest absolute Gasteiger partial charge is 0.113 e. The van der Waals surface area contributed by atoms with Crippen LogP contribution in [0.25, 0.3) is 0 Å². The predicted octanol–water partition coefficient (Wildman–Crippen LogP) is 1.75. The number of alkyl halides is 1. The minimum atomic E-state index is -0.989. The number of rotatable bonds is 1. The Morgan fingerprint density at radius 3 is 3.00 bits per heavy atom. The largest absolute Gasteiger partial charge is 0.381 e. The van der Waals surface area contributed by atoms with Gasteiger partial charge in [-0.05, 0) is 38.6 Å². The van der Waals surface area contributed by atoms with Gasteiger partial charge in [-0.3, -0.25) is 0 Å². The van der Waals surface area contributed by atoms with E-state index in [4.69, 9.17) is 4.74 Å². The molecule has 2 saturated heterocycles. The van der Waals surface area contributed by atoms with E-state index in [-0.39, 0.29) is 5.92 Å². The van der Waals surface area contributed by atoms with Crippen LogP contribution in [0.15, 0.2) is 0 Å². The fourth-order valence-electron chi connectivity index (χ4n) is 2.73. The van der Waals surface area contributed by atoms with Gasteiger partial charge < -0.3 is 10.1 Å². The molecule has 14 heavy (non-hydrogen) atoms. The molecule has 82 valence electrons. The quantitative estimate of drug-likeness (QED) is 0.698. The average molecular weight is 201 g/mol. The lowest BCUT2D eigenvalue weighted by Crippen LogP contribution is -2.50. The lowest BCUT2D eigenvalue weighted by atomic mass is 9.74. The highest BCUT2D eigenvalue weighted by Crippen LogP contribution is 2.36. The van der Waals surface area contributed by atoms with Crippen molar-refractivity contribution in [2.75, 3.05) is 26.3 Å². The van der Waals surface area contributed by atoms with Crippen LogP contribution in [0.2, 0.25) is 0 Å². The Bertz CT molecular complexity index is 190. The number of ether oxygens (including phenoxy) is 1. The van der Waals surface area contributed by atoms with Gasteiger partial charge in [-0.2, -0.15) is 0 Å². The summed E-state index contributed by atoms with van der Waals surface area (Å²) in [7, 11) is 0. The third-order valence-corrected chi connectivity index (χ3v) is 3.69. The minimum absolute atomic E-state index is 0.150. The Hall–Kier alpha value is -0.150. The van der Waals surface area contributed by atoms with E-state index in [2.05, 4.69) is 5.32 Å². The topological polar surface area (TPSA) is 21.3 Å². The van der Waals surface area contributed by atoms with Crippen molar-refractivity contribution in [2.45, 2.75) is 31.9 Å². The highest BCUT2D eigenvalue weighted by atomic mass is 19.1. The number of halogens is 1. The third-order valence-electron chi connectivity index (χ3n) is 3.69. The second-order valence-corrected chi connectivity index (χ2v) is 4.82. The first kappa shape index (κ1) is 10.4. The molecular formula is C11H20FNO. The third kappa shape index (κ3) is 2.09. The van der Waals surface area contributed by atoms with Crippen molar-refractivity contribution in [2.24, 2.45) is 11.8 Å². The molecule has 2 nitrogen and oxygen atoms in total. The SMILES string of the molecule is CC1(F)CCNCC1C1CCCOC1. The van der Waals surface area contributed by atoms with Gasteiger partial charge in [0.25, 0.3) is 0 Å². The first-order valence-corrected chi connectivity index (χ1v) is 5.67. The first-order valence-electron chi connectivity index (χ1n) is 5.67. The molecule has 0 bridgehead atoms. The fraction of sp³-hybridized carbons (Fsp3) is 1.00. The van der Waals surface area contributed by atoms with Crippen molar-refractivity contribution in [3.05, 3.63) is 0 Å². The zero-order valence-corrected chi connectivity index (χ0v) is 8.89. The zero-order valence-electron chi connectivity index (χ0n) is 8.89. The van der Waals surface area contributed by atoms with Gasteiger partial charge in [-0.25, -0.2) is 4.39 Å². The zero-order chi connectivity index (χ0) is 10.0. The summed E-state index contributed by atoms with van der Waals surface area (Å²) in [5, 5.41) is 3.29. The summed E-state index contributed by atoms with van der Waals surface area (Å²) in [6.45, 7) is 5.01. The average Bonchev–Trinajstić information content (AvgIpc) is 2.18. The summed E-state index contributed by atoms with van der Waals surface area (Å²) >= 11 is 0. The van der Waals surface area contributed by atoms with E-state index in [1.54, 1.807) is 6.92 Å². The van der Waals surface area contributed by atoms with Crippen LogP contribution in [0.1, 0.15) is 26.2 Å². The van der Waals surface area contributed by atoms with Crippen LogP contribution in [-0.4, -0.2) is 32.0 Å². The molecule has 0 amide bonds. The Labute approximate surface area is 85.2 Å². The van der Waals surface area contributed by atoms with Crippen molar-refractivity contribution in [1.29, 1.82) is 0 Å². The van der Waals surface area contributed by atoms with E-state index in [1.807, 2.05) is 0 Å². The van der Waals surface area contributed by atoms with Crippen LogP contribution < -0.4 is 5.32 Å². The van der Waals surface area contributed by atoms with Gasteiger partial charge in [0.2, 0.25) is 0 Å². The minimum Gasteiger partial charge on any atom is -0.381 e. The predicted molar refractivity (Wildman–Crippen MR) is 54.0 cm³/mol. The van der Waals surface area contributed by atoms with Crippen molar-refractivity contribution in [1.82, 2.24) is 5.32 Å². The second kappa shape index (κ2) is 4.15. The molecular weight excluding hydrogens is 181 g/mol. The summed E-state index contributed by atoms with van der Waals surface area (Å²) in [5.74, 6) is 0.572. The van der Waals surface area contributed by atoms with E-state index in [0.717, 1.165) is 39.1 Å². The van der Waals surface area contributed by atoms with E-state index in [9.17, 15) is 4.39 Å². The molecule has 0 aromatic rings. The molecule has 2 heterocycles. The maximum atomic E-state index is 14.2. The molecule has 0 aromatic carbocycles. The van der Waals surface area contributed by atoms with Gasteiger partial charge in [0.15, 0.2) is 0 Å². The van der Waals surface area contributed by atoms with Crippen molar-refractivity contribution in [3.63, 3.8) is 0 Å². The Morgan fingerprint density at radius 1 is 1.50 bits per heavy atom. The molecule has 0 aromatic heterocycles. The number of nitrogens with one attached hydrogen (secondary N) is 1. The van der Waals surface area contributed by atoms with Crippen LogP contribution in [0.5, 0.6) is 0 Å². The molecule has 3 unspecified atom stereocenters. The van der Waals surface area contributed by atoms with E-state index in [0.29, 0.717) is 12.3 Å². The Balaban J connectivity index is 1.99. The van der Waals surface area contributed by atoms with Crippen molar-refractivity contribution >= 4 is 0 Å². The van der Waals surface area contributed by atoms with Gasteiger partial charge in [0.1, 0.15) is 5.67 Å². The number of hydrogen-bond acceptors (Lipinski definition) is 2. The van der Waals surface area contributed by atoms with Crippen LogP contribution in [0, 0.1) is 11.8 Å². The maximum absolute atomic E-state index is 14.2. The van der Waals surface area contributed by atoms with Gasteiger partial charge in [-0.1, -0.05) is 0 Å². The van der Waals surface area contributed by atoms with Crippen molar-refractivity contribution < 1.29 is 9.13 Å². The van der Waals surface area contributed by atoms with Crippen LogP contribution in [0.4, 0.5) is 4.39 Å². The standard InChI is InChI=1S/C11H20FNO/c1-11(12)4-5-13-7-10(11)9-3-2-6-14-8-9/h9-10,13H,2-8H2,1H3. The number of hydrogen-bond donors (Lipinski definition) is 1.